The van der Waals surface area contributed by atoms with Crippen molar-refractivity contribution in [3.05, 3.63) is 23.0 Å². The third-order valence-electron chi connectivity index (χ3n) is 1.90. The van der Waals surface area contributed by atoms with E-state index in [-0.39, 0.29) is 5.91 Å². The molecule has 0 unspecified atom stereocenters. The lowest BCUT2D eigenvalue weighted by Gasteiger charge is -1.98. The summed E-state index contributed by atoms with van der Waals surface area (Å²) >= 11 is 0. The number of aryl methyl sites for hydroxylation is 1. The summed E-state index contributed by atoms with van der Waals surface area (Å²) in [5.41, 5.74) is 7.66. The molecular weight excluding hydrogens is 152 g/mol. The molecule has 0 aliphatic heterocycles. The molecule has 66 valence electrons. The molecule has 3 nitrogen and oxygen atoms in total. The SMILES string of the molecule is Cc1cc(C(C)C)[nH]c1C(N)=O. The molecule has 3 N–H and O–H groups in total. The van der Waals surface area contributed by atoms with Crippen LogP contribution >= 0.6 is 0 Å². The second-order valence-corrected chi connectivity index (χ2v) is 3.30. The van der Waals surface area contributed by atoms with Crippen LogP contribution in [-0.4, -0.2) is 10.9 Å². The van der Waals surface area contributed by atoms with Crippen LogP contribution in [0.3, 0.4) is 0 Å². The molecule has 0 bridgehead atoms. The fraction of sp³-hybridized carbons (Fsp3) is 0.444. The van der Waals surface area contributed by atoms with Crippen LogP contribution in [0.15, 0.2) is 6.07 Å². The van der Waals surface area contributed by atoms with Gasteiger partial charge in [-0.05, 0) is 24.5 Å². The van der Waals surface area contributed by atoms with Crippen molar-refractivity contribution in [2.75, 3.05) is 0 Å². The lowest BCUT2D eigenvalue weighted by molar-refractivity contribution is 0.0995. The van der Waals surface area contributed by atoms with E-state index >= 15 is 0 Å². The minimum atomic E-state index is -0.389. The van der Waals surface area contributed by atoms with Crippen molar-refractivity contribution in [3.63, 3.8) is 0 Å². The van der Waals surface area contributed by atoms with Gasteiger partial charge < -0.3 is 10.7 Å². The number of amides is 1. The lowest BCUT2D eigenvalue weighted by atomic mass is 10.1. The zero-order valence-corrected chi connectivity index (χ0v) is 7.64. The highest BCUT2D eigenvalue weighted by molar-refractivity contribution is 5.92. The number of nitrogens with two attached hydrogens (primary N) is 1. The number of H-pyrrole nitrogens is 1. The molecule has 0 fully saturated rings. The number of hydrogen-bond acceptors (Lipinski definition) is 1. The summed E-state index contributed by atoms with van der Waals surface area (Å²) in [6, 6.07) is 1.96. The molecule has 0 aromatic carbocycles. The van der Waals surface area contributed by atoms with Crippen molar-refractivity contribution < 1.29 is 4.79 Å². The van der Waals surface area contributed by atoms with Gasteiger partial charge in [0.05, 0.1) is 0 Å². The topological polar surface area (TPSA) is 58.9 Å². The van der Waals surface area contributed by atoms with Gasteiger partial charge in [0, 0.05) is 5.69 Å². The maximum Gasteiger partial charge on any atom is 0.265 e. The Kier molecular flexibility index (Phi) is 2.22. The van der Waals surface area contributed by atoms with Crippen molar-refractivity contribution in [1.29, 1.82) is 0 Å². The zero-order chi connectivity index (χ0) is 9.30. The molecule has 3 heteroatoms. The van der Waals surface area contributed by atoms with E-state index in [4.69, 9.17) is 5.73 Å². The average molecular weight is 166 g/mol. The fourth-order valence-corrected chi connectivity index (χ4v) is 1.15. The monoisotopic (exact) mass is 166 g/mol. The first-order valence-electron chi connectivity index (χ1n) is 4.01. The molecule has 0 saturated heterocycles. The van der Waals surface area contributed by atoms with E-state index in [0.29, 0.717) is 11.6 Å². The van der Waals surface area contributed by atoms with Gasteiger partial charge in [-0.15, -0.1) is 0 Å². The molecule has 12 heavy (non-hydrogen) atoms. The maximum atomic E-state index is 10.8. The van der Waals surface area contributed by atoms with Crippen molar-refractivity contribution in [2.45, 2.75) is 26.7 Å². The van der Waals surface area contributed by atoms with Crippen LogP contribution < -0.4 is 5.73 Å². The van der Waals surface area contributed by atoms with Crippen LogP contribution in [-0.2, 0) is 0 Å². The van der Waals surface area contributed by atoms with Crippen LogP contribution in [0, 0.1) is 6.92 Å². The number of aromatic nitrogens is 1. The Balaban J connectivity index is 3.09. The standard InChI is InChI=1S/C9H14N2O/c1-5(2)7-4-6(3)8(11-7)9(10)12/h4-5,11H,1-3H3,(H2,10,12). The molecule has 1 aromatic rings. The van der Waals surface area contributed by atoms with Crippen molar-refractivity contribution in [3.8, 4) is 0 Å². The van der Waals surface area contributed by atoms with E-state index in [1.54, 1.807) is 0 Å². The minimum absolute atomic E-state index is 0.389. The van der Waals surface area contributed by atoms with E-state index in [2.05, 4.69) is 18.8 Å². The normalized spacial score (nSPS) is 10.7. The Morgan fingerprint density at radius 3 is 2.42 bits per heavy atom. The van der Waals surface area contributed by atoms with E-state index in [1.807, 2.05) is 13.0 Å². The summed E-state index contributed by atoms with van der Waals surface area (Å²) in [7, 11) is 0. The van der Waals surface area contributed by atoms with Gasteiger partial charge in [0.15, 0.2) is 0 Å². The minimum Gasteiger partial charge on any atom is -0.364 e. The van der Waals surface area contributed by atoms with Crippen molar-refractivity contribution >= 4 is 5.91 Å². The highest BCUT2D eigenvalue weighted by atomic mass is 16.1. The highest BCUT2D eigenvalue weighted by Crippen LogP contribution is 2.16. The summed E-state index contributed by atoms with van der Waals surface area (Å²) < 4.78 is 0. The van der Waals surface area contributed by atoms with Gasteiger partial charge in [0.25, 0.3) is 5.91 Å². The second-order valence-electron chi connectivity index (χ2n) is 3.30. The third kappa shape index (κ3) is 1.49. The molecule has 1 amide bonds. The van der Waals surface area contributed by atoms with Crippen LogP contribution in [0.5, 0.6) is 0 Å². The van der Waals surface area contributed by atoms with Gasteiger partial charge in [-0.25, -0.2) is 0 Å². The molecular formula is C9H14N2O. The van der Waals surface area contributed by atoms with E-state index in [0.717, 1.165) is 11.3 Å². The Morgan fingerprint density at radius 1 is 1.58 bits per heavy atom. The molecule has 0 aliphatic carbocycles. The Morgan fingerprint density at radius 2 is 2.17 bits per heavy atom. The van der Waals surface area contributed by atoms with Gasteiger partial charge in [-0.2, -0.15) is 0 Å². The van der Waals surface area contributed by atoms with Gasteiger partial charge in [-0.1, -0.05) is 13.8 Å². The molecule has 1 rings (SSSR count). The predicted molar refractivity (Wildman–Crippen MR) is 48.1 cm³/mol. The van der Waals surface area contributed by atoms with Crippen molar-refractivity contribution in [2.24, 2.45) is 5.73 Å². The zero-order valence-electron chi connectivity index (χ0n) is 7.64. The third-order valence-corrected chi connectivity index (χ3v) is 1.90. The molecule has 1 aromatic heterocycles. The summed E-state index contributed by atoms with van der Waals surface area (Å²) in [6.45, 7) is 6.01. The van der Waals surface area contributed by atoms with Gasteiger partial charge in [-0.3, -0.25) is 4.79 Å². The van der Waals surface area contributed by atoms with E-state index in [1.165, 1.54) is 0 Å². The largest absolute Gasteiger partial charge is 0.364 e. The molecule has 0 atom stereocenters. The van der Waals surface area contributed by atoms with Crippen LogP contribution in [0.1, 0.15) is 41.5 Å². The molecule has 0 radical (unpaired) electrons. The smallest absolute Gasteiger partial charge is 0.265 e. The van der Waals surface area contributed by atoms with Gasteiger partial charge in [0.1, 0.15) is 5.69 Å². The first-order valence-corrected chi connectivity index (χ1v) is 4.01. The first kappa shape index (κ1) is 8.84. The number of rotatable bonds is 2. The van der Waals surface area contributed by atoms with Crippen LogP contribution in [0.2, 0.25) is 0 Å². The van der Waals surface area contributed by atoms with Crippen LogP contribution in [0.25, 0.3) is 0 Å². The number of primary amides is 1. The highest BCUT2D eigenvalue weighted by Gasteiger charge is 2.10. The Bertz CT molecular complexity index is 299. The summed E-state index contributed by atoms with van der Waals surface area (Å²) in [6.07, 6.45) is 0. The van der Waals surface area contributed by atoms with Crippen LogP contribution in [0.4, 0.5) is 0 Å². The van der Waals surface area contributed by atoms with Gasteiger partial charge >= 0.3 is 0 Å². The summed E-state index contributed by atoms with van der Waals surface area (Å²) in [4.78, 5) is 13.9. The average Bonchev–Trinajstić information content (AvgIpc) is 2.30. The first-order chi connectivity index (χ1) is 5.52. The van der Waals surface area contributed by atoms with E-state index < -0.39 is 0 Å². The molecule has 0 aliphatic rings. The predicted octanol–water partition coefficient (Wildman–Crippen LogP) is 1.55. The molecule has 1 heterocycles. The van der Waals surface area contributed by atoms with Crippen molar-refractivity contribution in [1.82, 2.24) is 4.98 Å². The second kappa shape index (κ2) is 3.01. The Hall–Kier alpha value is -1.25. The summed E-state index contributed by atoms with van der Waals surface area (Å²) in [5, 5.41) is 0. The molecule has 0 spiro atoms. The van der Waals surface area contributed by atoms with Gasteiger partial charge in [0.2, 0.25) is 0 Å². The fourth-order valence-electron chi connectivity index (χ4n) is 1.15. The number of nitrogens with one attached hydrogen (secondary N) is 1. The summed E-state index contributed by atoms with van der Waals surface area (Å²) in [5.74, 6) is 0.0104. The maximum absolute atomic E-state index is 10.8. The van der Waals surface area contributed by atoms with E-state index in [9.17, 15) is 4.79 Å². The Labute approximate surface area is 72.0 Å². The molecule has 0 saturated carbocycles. The number of carbonyl (C=O) groups excluding carboxylic acids is 1. The number of hydrogen-bond donors (Lipinski definition) is 2. The number of carbonyl (C=O) groups is 1. The quantitative estimate of drug-likeness (QED) is 0.688. The number of aromatic amines is 1. The lowest BCUT2D eigenvalue weighted by Crippen LogP contribution is -2.12.